The monoisotopic (exact) mass is 366 g/mol. The maximum atomic E-state index is 11.7. The van der Waals surface area contributed by atoms with E-state index in [4.69, 9.17) is 4.74 Å². The van der Waals surface area contributed by atoms with E-state index in [-0.39, 0.29) is 6.10 Å². The molecule has 4 rings (SSSR count). The molecule has 0 radical (unpaired) electrons. The Kier molecular flexibility index (Phi) is 4.03. The molecule has 3 nitrogen and oxygen atoms in total. The number of ether oxygens (including phenoxy) is 1. The van der Waals surface area contributed by atoms with Gasteiger partial charge in [-0.3, -0.25) is 0 Å². The summed E-state index contributed by atoms with van der Waals surface area (Å²) in [6, 6.07) is 17.6. The lowest BCUT2D eigenvalue weighted by Gasteiger charge is -2.30. The third kappa shape index (κ3) is 2.99. The number of hydrogen-bond acceptors (Lipinski definition) is 3. The first-order valence-electron chi connectivity index (χ1n) is 8.86. The molecule has 0 N–H and O–H groups in total. The molecule has 0 aromatic heterocycles. The van der Waals surface area contributed by atoms with Crippen molar-refractivity contribution in [1.82, 2.24) is 0 Å². The highest BCUT2D eigenvalue weighted by Gasteiger charge is 2.24. The predicted octanol–water partition coefficient (Wildman–Crippen LogP) is 4.87. The van der Waals surface area contributed by atoms with Crippen LogP contribution in [0.1, 0.15) is 19.4 Å². The zero-order valence-corrected chi connectivity index (χ0v) is 16.0. The van der Waals surface area contributed by atoms with E-state index in [1.54, 1.807) is 12.1 Å². The zero-order valence-electron chi connectivity index (χ0n) is 15.2. The molecule has 0 saturated carbocycles. The Balaban J connectivity index is 1.81. The van der Waals surface area contributed by atoms with Gasteiger partial charge >= 0.3 is 0 Å². The van der Waals surface area contributed by atoms with Gasteiger partial charge in [-0.25, -0.2) is 8.42 Å². The fraction of sp³-hybridized carbons (Fsp3) is 0.273. The average molecular weight is 366 g/mol. The van der Waals surface area contributed by atoms with Gasteiger partial charge in [-0.05, 0) is 65.4 Å². The van der Waals surface area contributed by atoms with E-state index in [0.717, 1.165) is 23.3 Å². The van der Waals surface area contributed by atoms with Crippen LogP contribution in [0.15, 0.2) is 59.5 Å². The van der Waals surface area contributed by atoms with Crippen molar-refractivity contribution in [3.8, 4) is 16.9 Å². The van der Waals surface area contributed by atoms with Gasteiger partial charge in [-0.1, -0.05) is 37.3 Å². The minimum absolute atomic E-state index is 0.228. The molecule has 3 aromatic rings. The molecule has 134 valence electrons. The van der Waals surface area contributed by atoms with Gasteiger partial charge in [0.15, 0.2) is 9.84 Å². The molecule has 2 atom stereocenters. The second-order valence-electron chi connectivity index (χ2n) is 7.28. The Labute approximate surface area is 154 Å². The Morgan fingerprint density at radius 3 is 2.27 bits per heavy atom. The first kappa shape index (κ1) is 17.1. The minimum Gasteiger partial charge on any atom is -0.490 e. The van der Waals surface area contributed by atoms with Gasteiger partial charge in [0.25, 0.3) is 0 Å². The highest BCUT2D eigenvalue weighted by Crippen LogP contribution is 2.37. The van der Waals surface area contributed by atoms with Gasteiger partial charge in [0.1, 0.15) is 5.75 Å². The molecule has 0 fully saturated rings. The van der Waals surface area contributed by atoms with Crippen molar-refractivity contribution >= 4 is 20.6 Å². The molecule has 0 aliphatic carbocycles. The van der Waals surface area contributed by atoms with Gasteiger partial charge < -0.3 is 4.74 Å². The summed E-state index contributed by atoms with van der Waals surface area (Å²) in [5, 5.41) is 2.41. The number of sulfone groups is 1. The fourth-order valence-electron chi connectivity index (χ4n) is 3.56. The van der Waals surface area contributed by atoms with Crippen LogP contribution in [0.3, 0.4) is 0 Å². The zero-order chi connectivity index (χ0) is 18.5. The van der Waals surface area contributed by atoms with E-state index < -0.39 is 9.84 Å². The van der Waals surface area contributed by atoms with Crippen LogP contribution < -0.4 is 4.74 Å². The molecule has 1 aliphatic rings. The highest BCUT2D eigenvalue weighted by atomic mass is 32.2. The van der Waals surface area contributed by atoms with Crippen molar-refractivity contribution in [3.63, 3.8) is 0 Å². The molecule has 0 saturated heterocycles. The summed E-state index contributed by atoms with van der Waals surface area (Å²) in [6.07, 6.45) is 2.46. The van der Waals surface area contributed by atoms with E-state index >= 15 is 0 Å². The summed E-state index contributed by atoms with van der Waals surface area (Å²) in [5.41, 5.74) is 3.36. The van der Waals surface area contributed by atoms with Gasteiger partial charge in [0.05, 0.1) is 11.0 Å². The molecular weight excluding hydrogens is 344 g/mol. The first-order chi connectivity index (χ1) is 12.3. The van der Waals surface area contributed by atoms with Crippen LogP contribution in [0.4, 0.5) is 0 Å². The molecule has 4 heteroatoms. The van der Waals surface area contributed by atoms with Gasteiger partial charge in [-0.2, -0.15) is 0 Å². The summed E-state index contributed by atoms with van der Waals surface area (Å²) in [6.45, 7) is 4.35. The maximum absolute atomic E-state index is 11.7. The average Bonchev–Trinajstić information content (AvgIpc) is 2.62. The number of benzene rings is 3. The highest BCUT2D eigenvalue weighted by molar-refractivity contribution is 7.90. The van der Waals surface area contributed by atoms with Crippen LogP contribution in [-0.4, -0.2) is 20.8 Å². The second kappa shape index (κ2) is 6.13. The summed E-state index contributed by atoms with van der Waals surface area (Å²) in [5.74, 6) is 1.46. The molecule has 3 aromatic carbocycles. The van der Waals surface area contributed by atoms with Crippen LogP contribution >= 0.6 is 0 Å². The molecule has 0 bridgehead atoms. The van der Waals surface area contributed by atoms with Gasteiger partial charge in [-0.15, -0.1) is 0 Å². The van der Waals surface area contributed by atoms with Crippen LogP contribution in [-0.2, 0) is 16.3 Å². The Morgan fingerprint density at radius 2 is 1.58 bits per heavy atom. The molecule has 2 unspecified atom stereocenters. The van der Waals surface area contributed by atoms with Crippen LogP contribution in [0.25, 0.3) is 21.9 Å². The normalized spacial score (nSPS) is 19.8. The quantitative estimate of drug-likeness (QED) is 0.650. The summed E-state index contributed by atoms with van der Waals surface area (Å²) in [4.78, 5) is 0.343. The van der Waals surface area contributed by atoms with E-state index in [0.29, 0.717) is 10.8 Å². The topological polar surface area (TPSA) is 43.4 Å². The van der Waals surface area contributed by atoms with Crippen LogP contribution in [0, 0.1) is 5.92 Å². The summed E-state index contributed by atoms with van der Waals surface area (Å²) in [7, 11) is -3.18. The third-order valence-corrected chi connectivity index (χ3v) is 6.47. The molecular formula is C22H22O3S. The van der Waals surface area contributed by atoms with Crippen molar-refractivity contribution in [1.29, 1.82) is 0 Å². The van der Waals surface area contributed by atoms with Crippen LogP contribution in [0.2, 0.25) is 0 Å². The van der Waals surface area contributed by atoms with Crippen molar-refractivity contribution in [2.24, 2.45) is 5.92 Å². The Bertz CT molecular complexity index is 1080. The molecule has 0 amide bonds. The number of fused-ring (bicyclic) bond motifs is 3. The molecule has 26 heavy (non-hydrogen) atoms. The SMILES string of the molecule is CC1Cc2c(ccc3ccc(-c4ccc(S(C)(=O)=O)cc4)cc23)OC1C. The van der Waals surface area contributed by atoms with Gasteiger partial charge in [0, 0.05) is 11.8 Å². The predicted molar refractivity (Wildman–Crippen MR) is 105 cm³/mol. The smallest absolute Gasteiger partial charge is 0.175 e. The van der Waals surface area contributed by atoms with Crippen molar-refractivity contribution < 1.29 is 13.2 Å². The summed E-state index contributed by atoms with van der Waals surface area (Å²) >= 11 is 0. The van der Waals surface area contributed by atoms with E-state index in [2.05, 4.69) is 44.2 Å². The standard InChI is InChI=1S/C22H22O3S/c1-14-12-21-20-13-18(16-6-9-19(10-7-16)26(3,23)24)5-4-17(20)8-11-22(21)25-15(14)2/h4-11,13-15H,12H2,1-3H3. The lowest BCUT2D eigenvalue weighted by atomic mass is 9.88. The molecule has 1 heterocycles. The minimum atomic E-state index is -3.18. The number of hydrogen-bond donors (Lipinski definition) is 0. The molecule has 0 spiro atoms. The van der Waals surface area contributed by atoms with E-state index in [1.807, 2.05) is 12.1 Å². The Hall–Kier alpha value is -2.33. The lowest BCUT2D eigenvalue weighted by Crippen LogP contribution is -2.28. The van der Waals surface area contributed by atoms with Crippen molar-refractivity contribution in [2.75, 3.05) is 6.26 Å². The third-order valence-electron chi connectivity index (χ3n) is 5.35. The van der Waals surface area contributed by atoms with Crippen molar-refractivity contribution in [2.45, 2.75) is 31.3 Å². The second-order valence-corrected chi connectivity index (χ2v) is 9.29. The molecule has 1 aliphatic heterocycles. The van der Waals surface area contributed by atoms with E-state index in [1.165, 1.54) is 22.6 Å². The largest absolute Gasteiger partial charge is 0.490 e. The maximum Gasteiger partial charge on any atom is 0.175 e. The van der Waals surface area contributed by atoms with Gasteiger partial charge in [0.2, 0.25) is 0 Å². The Morgan fingerprint density at radius 1 is 0.923 bits per heavy atom. The summed E-state index contributed by atoms with van der Waals surface area (Å²) < 4.78 is 29.4. The van der Waals surface area contributed by atoms with Crippen LogP contribution in [0.5, 0.6) is 5.75 Å². The van der Waals surface area contributed by atoms with Crippen molar-refractivity contribution in [3.05, 3.63) is 60.2 Å². The number of rotatable bonds is 2. The lowest BCUT2D eigenvalue weighted by molar-refractivity contribution is 0.140. The fourth-order valence-corrected chi connectivity index (χ4v) is 4.19. The first-order valence-corrected chi connectivity index (χ1v) is 10.7. The van der Waals surface area contributed by atoms with E-state index in [9.17, 15) is 8.42 Å².